The summed E-state index contributed by atoms with van der Waals surface area (Å²) in [5.41, 5.74) is -3.73. The van der Waals surface area contributed by atoms with E-state index in [2.05, 4.69) is 9.97 Å². The fourth-order valence-corrected chi connectivity index (χ4v) is 4.32. The fraction of sp³-hybridized carbons (Fsp3) is 0.318. The van der Waals surface area contributed by atoms with Crippen molar-refractivity contribution in [2.45, 2.75) is 43.6 Å². The molecule has 1 N–H and O–H groups in total. The number of hydrogen-bond donors (Lipinski definition) is 1. The van der Waals surface area contributed by atoms with Gasteiger partial charge in [-0.1, -0.05) is 38.1 Å². The highest BCUT2D eigenvalue weighted by molar-refractivity contribution is 7.98. The second kappa shape index (κ2) is 9.40. The Kier molecular flexibility index (Phi) is 7.02. The summed E-state index contributed by atoms with van der Waals surface area (Å²) in [6.45, 7) is 3.34. The van der Waals surface area contributed by atoms with E-state index in [0.29, 0.717) is 10.5 Å². The summed E-state index contributed by atoms with van der Waals surface area (Å²) < 4.78 is 68.4. The zero-order valence-corrected chi connectivity index (χ0v) is 17.9. The predicted molar refractivity (Wildman–Crippen MR) is 111 cm³/mol. The molecular formula is C22H19F5N2O2S. The second-order valence-electron chi connectivity index (χ2n) is 7.51. The van der Waals surface area contributed by atoms with Crippen molar-refractivity contribution < 1.29 is 31.9 Å². The third kappa shape index (κ3) is 5.17. The molecule has 0 unspecified atom stereocenters. The molecule has 3 rings (SSSR count). The number of para-hydroxylation sites is 1. The predicted octanol–water partition coefficient (Wildman–Crippen LogP) is 6.78. The lowest BCUT2D eigenvalue weighted by molar-refractivity contribution is -0.142. The fourth-order valence-electron chi connectivity index (χ4n) is 3.39. The Hall–Kier alpha value is -2.75. The maximum Gasteiger partial charge on any atom is 0.433 e. The largest absolute Gasteiger partial charge is 0.478 e. The number of fused-ring (bicyclic) bond motifs is 1. The highest BCUT2D eigenvalue weighted by Crippen LogP contribution is 2.39. The zero-order valence-electron chi connectivity index (χ0n) is 17.1. The van der Waals surface area contributed by atoms with Crippen LogP contribution in [0.5, 0.6) is 0 Å². The van der Waals surface area contributed by atoms with Gasteiger partial charge in [0, 0.05) is 11.1 Å². The number of hydrogen-bond acceptors (Lipinski definition) is 4. The van der Waals surface area contributed by atoms with Crippen LogP contribution in [0, 0.1) is 5.92 Å². The topological polar surface area (TPSA) is 63.1 Å². The van der Waals surface area contributed by atoms with Crippen LogP contribution in [-0.2, 0) is 18.3 Å². The van der Waals surface area contributed by atoms with E-state index < -0.39 is 41.1 Å². The third-order valence-corrected chi connectivity index (χ3v) is 5.64. The molecule has 0 aliphatic rings. The molecule has 32 heavy (non-hydrogen) atoms. The van der Waals surface area contributed by atoms with Crippen LogP contribution >= 0.6 is 11.8 Å². The van der Waals surface area contributed by atoms with Crippen LogP contribution in [0.15, 0.2) is 41.4 Å². The summed E-state index contributed by atoms with van der Waals surface area (Å²) in [5, 5.41) is 10.8. The minimum absolute atomic E-state index is 0.117. The molecule has 0 aliphatic carbocycles. The molecule has 0 atom stereocenters. The van der Waals surface area contributed by atoms with Crippen molar-refractivity contribution in [3.05, 3.63) is 64.5 Å². The summed E-state index contributed by atoms with van der Waals surface area (Å²) in [6, 6.07) is 10.6. The molecule has 0 bridgehead atoms. The highest BCUT2D eigenvalue weighted by atomic mass is 32.2. The van der Waals surface area contributed by atoms with Crippen LogP contribution in [0.2, 0.25) is 0 Å². The number of aromatic carboxylic acids is 1. The van der Waals surface area contributed by atoms with Crippen molar-refractivity contribution in [1.82, 2.24) is 9.97 Å². The normalized spacial score (nSPS) is 12.2. The lowest BCUT2D eigenvalue weighted by Gasteiger charge is -2.21. The van der Waals surface area contributed by atoms with Gasteiger partial charge < -0.3 is 5.11 Å². The van der Waals surface area contributed by atoms with Crippen LogP contribution in [0.4, 0.5) is 22.0 Å². The molecule has 0 fully saturated rings. The second-order valence-corrected chi connectivity index (χ2v) is 8.51. The molecule has 0 amide bonds. The maximum absolute atomic E-state index is 13.8. The Labute approximate surface area is 184 Å². The number of aromatic nitrogens is 2. The van der Waals surface area contributed by atoms with Gasteiger partial charge in [0.25, 0.3) is 6.43 Å². The number of carboxylic acid groups (broad SMARTS) is 1. The van der Waals surface area contributed by atoms with Crippen LogP contribution in [0.1, 0.15) is 53.1 Å². The summed E-state index contributed by atoms with van der Waals surface area (Å²) in [5.74, 6) is -2.32. The minimum atomic E-state index is -5.03. The summed E-state index contributed by atoms with van der Waals surface area (Å²) in [4.78, 5) is 19.3. The maximum atomic E-state index is 13.8. The molecule has 0 radical (unpaired) electrons. The Morgan fingerprint density at radius 3 is 2.34 bits per heavy atom. The van der Waals surface area contributed by atoms with Gasteiger partial charge in [0.15, 0.2) is 0 Å². The number of rotatable bonds is 7. The number of halogens is 5. The summed E-state index contributed by atoms with van der Waals surface area (Å²) in [6.07, 6.45) is -8.61. The number of nitrogens with zero attached hydrogens (tertiary/aromatic N) is 2. The van der Waals surface area contributed by atoms with E-state index in [9.17, 15) is 31.9 Å². The van der Waals surface area contributed by atoms with Crippen molar-refractivity contribution >= 4 is 28.6 Å². The Balaban J connectivity index is 2.15. The quantitative estimate of drug-likeness (QED) is 0.305. The number of thioether (sulfide) groups is 1. The van der Waals surface area contributed by atoms with Gasteiger partial charge in [-0.15, -0.1) is 11.8 Å². The van der Waals surface area contributed by atoms with Gasteiger partial charge in [0.1, 0.15) is 11.4 Å². The molecule has 0 spiro atoms. The van der Waals surface area contributed by atoms with Crippen LogP contribution in [0.3, 0.4) is 0 Å². The van der Waals surface area contributed by atoms with Crippen LogP contribution < -0.4 is 0 Å². The van der Waals surface area contributed by atoms with E-state index in [1.165, 1.54) is 0 Å². The molecule has 3 aromatic rings. The van der Waals surface area contributed by atoms with Gasteiger partial charge in [-0.25, -0.2) is 23.5 Å². The number of carbonyl (C=O) groups is 1. The van der Waals surface area contributed by atoms with E-state index in [-0.39, 0.29) is 23.7 Å². The molecule has 170 valence electrons. The lowest BCUT2D eigenvalue weighted by Crippen LogP contribution is -2.21. The standard InChI is InChI=1S/C22H19F5N2O2S/c1-11(2)9-13-14(10-32-16-8-7-12-5-3-4-6-15(12)28-16)19(22(25,26)27)29-18(20(23)24)17(13)21(30)31/h3-8,11,20H,9-10H2,1-2H3,(H,30,31). The zero-order chi connectivity index (χ0) is 23.6. The minimum Gasteiger partial charge on any atom is -0.478 e. The summed E-state index contributed by atoms with van der Waals surface area (Å²) in [7, 11) is 0. The van der Waals surface area contributed by atoms with Crippen LogP contribution in [0.25, 0.3) is 10.9 Å². The Morgan fingerprint density at radius 2 is 1.75 bits per heavy atom. The number of carboxylic acids is 1. The first-order valence-electron chi connectivity index (χ1n) is 9.62. The van der Waals surface area contributed by atoms with Gasteiger partial charge in [-0.3, -0.25) is 0 Å². The molecule has 2 aromatic heterocycles. The first-order valence-corrected chi connectivity index (χ1v) is 10.6. The molecule has 0 aliphatic heterocycles. The van der Waals surface area contributed by atoms with E-state index in [1.54, 1.807) is 38.1 Å². The first kappa shape index (κ1) is 23.9. The SMILES string of the molecule is CC(C)Cc1c(CSc2ccc3ccccc3n2)c(C(F)(F)F)nc(C(F)F)c1C(=O)O. The molecule has 10 heteroatoms. The van der Waals surface area contributed by atoms with Gasteiger partial charge >= 0.3 is 12.1 Å². The lowest BCUT2D eigenvalue weighted by atomic mass is 9.91. The molecule has 1 aromatic carbocycles. The summed E-state index contributed by atoms with van der Waals surface area (Å²) >= 11 is 0.963. The Bertz CT molecular complexity index is 1150. The smallest absolute Gasteiger partial charge is 0.433 e. The van der Waals surface area contributed by atoms with Gasteiger partial charge in [0.05, 0.1) is 16.1 Å². The molecular weight excluding hydrogens is 451 g/mol. The number of alkyl halides is 5. The number of pyridine rings is 2. The number of benzene rings is 1. The molecule has 0 saturated heterocycles. The van der Waals surface area contributed by atoms with Gasteiger partial charge in [-0.05, 0) is 35.6 Å². The van der Waals surface area contributed by atoms with Gasteiger partial charge in [0.2, 0.25) is 0 Å². The van der Waals surface area contributed by atoms with E-state index in [1.807, 2.05) is 12.1 Å². The average Bonchev–Trinajstić information content (AvgIpc) is 2.70. The average molecular weight is 470 g/mol. The van der Waals surface area contributed by atoms with Crippen molar-refractivity contribution in [2.24, 2.45) is 5.92 Å². The highest BCUT2D eigenvalue weighted by Gasteiger charge is 2.40. The van der Waals surface area contributed by atoms with E-state index >= 15 is 0 Å². The molecule has 2 heterocycles. The molecule has 0 saturated carbocycles. The Morgan fingerprint density at radius 1 is 1.06 bits per heavy atom. The monoisotopic (exact) mass is 470 g/mol. The van der Waals surface area contributed by atoms with E-state index in [0.717, 1.165) is 17.1 Å². The third-order valence-electron chi connectivity index (χ3n) is 4.68. The van der Waals surface area contributed by atoms with Gasteiger partial charge in [-0.2, -0.15) is 13.2 Å². The van der Waals surface area contributed by atoms with E-state index in [4.69, 9.17) is 0 Å². The van der Waals surface area contributed by atoms with Crippen LogP contribution in [-0.4, -0.2) is 21.0 Å². The van der Waals surface area contributed by atoms with Crippen molar-refractivity contribution in [3.63, 3.8) is 0 Å². The first-order chi connectivity index (χ1) is 15.0. The van der Waals surface area contributed by atoms with Crippen molar-refractivity contribution in [3.8, 4) is 0 Å². The van der Waals surface area contributed by atoms with Crippen molar-refractivity contribution in [1.29, 1.82) is 0 Å². The van der Waals surface area contributed by atoms with Crippen molar-refractivity contribution in [2.75, 3.05) is 0 Å². The molecule has 4 nitrogen and oxygen atoms in total.